The van der Waals surface area contributed by atoms with Gasteiger partial charge in [0.1, 0.15) is 5.75 Å². The van der Waals surface area contributed by atoms with Crippen molar-refractivity contribution in [3.05, 3.63) is 29.8 Å². The largest absolute Gasteiger partial charge is 0.497 e. The van der Waals surface area contributed by atoms with E-state index in [2.05, 4.69) is 22.8 Å². The van der Waals surface area contributed by atoms with Gasteiger partial charge in [0, 0.05) is 12.6 Å². The summed E-state index contributed by atoms with van der Waals surface area (Å²) >= 11 is 0. The lowest BCUT2D eigenvalue weighted by Crippen LogP contribution is -2.47. The fourth-order valence-corrected chi connectivity index (χ4v) is 5.57. The number of hydrogen-bond donors (Lipinski definition) is 2. The maximum absolute atomic E-state index is 12.2. The highest BCUT2D eigenvalue weighted by molar-refractivity contribution is 5.74. The molecule has 4 nitrogen and oxygen atoms in total. The molecule has 0 heterocycles. The Bertz CT molecular complexity index is 586. The average Bonchev–Trinajstić information content (AvgIpc) is 3.28. The summed E-state index contributed by atoms with van der Waals surface area (Å²) in [6.45, 7) is 0.672. The highest BCUT2D eigenvalue weighted by Gasteiger charge is 2.53. The maximum Gasteiger partial charge on any atom is 0.315 e. The van der Waals surface area contributed by atoms with E-state index in [-0.39, 0.29) is 6.03 Å². The number of urea groups is 1. The van der Waals surface area contributed by atoms with E-state index in [4.69, 9.17) is 4.74 Å². The first-order valence-electron chi connectivity index (χ1n) is 9.42. The van der Waals surface area contributed by atoms with Crippen molar-refractivity contribution < 1.29 is 9.53 Å². The van der Waals surface area contributed by atoms with Crippen molar-refractivity contribution in [3.8, 4) is 5.75 Å². The Morgan fingerprint density at radius 1 is 1.12 bits per heavy atom. The molecule has 0 aliphatic heterocycles. The number of methoxy groups -OCH3 is 1. The minimum atomic E-state index is 0.00982. The molecule has 130 valence electrons. The van der Waals surface area contributed by atoms with E-state index < -0.39 is 0 Å². The van der Waals surface area contributed by atoms with E-state index in [1.807, 2.05) is 12.1 Å². The van der Waals surface area contributed by atoms with Gasteiger partial charge in [0.15, 0.2) is 0 Å². The highest BCUT2D eigenvalue weighted by Crippen LogP contribution is 2.58. The third kappa shape index (κ3) is 2.99. The molecule has 24 heavy (non-hydrogen) atoms. The first-order chi connectivity index (χ1) is 11.7. The Labute approximate surface area is 144 Å². The predicted octanol–water partition coefficient (Wildman–Crippen LogP) is 3.36. The predicted molar refractivity (Wildman–Crippen MR) is 94.1 cm³/mol. The number of amides is 2. The van der Waals surface area contributed by atoms with Crippen LogP contribution in [0.5, 0.6) is 5.75 Å². The second kappa shape index (κ2) is 6.66. The second-order valence-corrected chi connectivity index (χ2v) is 7.76. The van der Waals surface area contributed by atoms with E-state index in [1.54, 1.807) is 7.11 Å². The van der Waals surface area contributed by atoms with Gasteiger partial charge in [0.2, 0.25) is 0 Å². The summed E-state index contributed by atoms with van der Waals surface area (Å²) in [5.74, 6) is 4.37. The van der Waals surface area contributed by atoms with Crippen LogP contribution in [-0.2, 0) is 6.42 Å². The molecule has 0 saturated heterocycles. The number of carbonyl (C=O) groups is 1. The Hall–Kier alpha value is -1.71. The van der Waals surface area contributed by atoms with Gasteiger partial charge in [-0.3, -0.25) is 0 Å². The number of rotatable bonds is 5. The average molecular weight is 328 g/mol. The Morgan fingerprint density at radius 3 is 2.71 bits per heavy atom. The van der Waals surface area contributed by atoms with Gasteiger partial charge in [-0.2, -0.15) is 0 Å². The summed E-state index contributed by atoms with van der Waals surface area (Å²) in [6, 6.07) is 8.44. The molecule has 3 fully saturated rings. The van der Waals surface area contributed by atoms with Gasteiger partial charge < -0.3 is 15.4 Å². The molecule has 1 aromatic carbocycles. The maximum atomic E-state index is 12.2. The van der Waals surface area contributed by atoms with E-state index in [9.17, 15) is 4.79 Å². The third-order valence-electron chi connectivity index (χ3n) is 6.60. The van der Waals surface area contributed by atoms with Gasteiger partial charge in [0.05, 0.1) is 7.11 Å². The normalized spacial score (nSPS) is 33.3. The van der Waals surface area contributed by atoms with Crippen LogP contribution in [0.3, 0.4) is 0 Å². The second-order valence-electron chi connectivity index (χ2n) is 7.76. The van der Waals surface area contributed by atoms with E-state index in [0.29, 0.717) is 12.6 Å². The molecule has 3 aliphatic rings. The molecule has 0 aromatic heterocycles. The summed E-state index contributed by atoms with van der Waals surface area (Å²) in [6.07, 6.45) is 7.64. The van der Waals surface area contributed by atoms with Gasteiger partial charge in [-0.05, 0) is 73.5 Å². The van der Waals surface area contributed by atoms with Gasteiger partial charge >= 0.3 is 6.03 Å². The molecule has 2 bridgehead atoms. The van der Waals surface area contributed by atoms with Crippen LogP contribution in [0.25, 0.3) is 0 Å². The Balaban J connectivity index is 1.21. The number of hydrogen-bond acceptors (Lipinski definition) is 2. The monoisotopic (exact) mass is 328 g/mol. The van der Waals surface area contributed by atoms with E-state index in [0.717, 1.165) is 35.8 Å². The first-order valence-corrected chi connectivity index (χ1v) is 9.42. The molecule has 4 rings (SSSR count). The lowest BCUT2D eigenvalue weighted by Gasteiger charge is -2.32. The van der Waals surface area contributed by atoms with Crippen LogP contribution in [0.2, 0.25) is 0 Å². The summed E-state index contributed by atoms with van der Waals surface area (Å²) in [5.41, 5.74) is 1.21. The molecular weight excluding hydrogens is 300 g/mol. The zero-order valence-corrected chi connectivity index (χ0v) is 14.5. The molecule has 3 saturated carbocycles. The van der Waals surface area contributed by atoms with Crippen molar-refractivity contribution >= 4 is 6.03 Å². The number of nitrogens with one attached hydrogen (secondary N) is 2. The van der Waals surface area contributed by atoms with Gasteiger partial charge in [-0.25, -0.2) is 4.79 Å². The minimum absolute atomic E-state index is 0.00982. The van der Waals surface area contributed by atoms with Gasteiger partial charge in [-0.15, -0.1) is 0 Å². The van der Waals surface area contributed by atoms with Crippen molar-refractivity contribution in [3.63, 3.8) is 0 Å². The van der Waals surface area contributed by atoms with Crippen molar-refractivity contribution in [1.29, 1.82) is 0 Å². The fourth-order valence-electron chi connectivity index (χ4n) is 5.57. The van der Waals surface area contributed by atoms with Crippen LogP contribution >= 0.6 is 0 Å². The van der Waals surface area contributed by atoms with Gasteiger partial charge in [-0.1, -0.05) is 18.6 Å². The molecule has 0 radical (unpaired) electrons. The standard InChI is InChI=1S/C20H28N2O2/c1-24-15-7-5-13(6-8-15)9-10-21-20(23)22-19-12-14-11-18(19)17-4-2-3-16(14)17/h5-8,14,16-19H,2-4,9-12H2,1H3,(H2,21,22,23)/t14-,16+,17-,18+,19-/m0/s1. The van der Waals surface area contributed by atoms with Crippen LogP contribution in [-0.4, -0.2) is 25.7 Å². The molecular formula is C20H28N2O2. The smallest absolute Gasteiger partial charge is 0.315 e. The quantitative estimate of drug-likeness (QED) is 0.871. The van der Waals surface area contributed by atoms with Crippen LogP contribution in [0.15, 0.2) is 24.3 Å². The third-order valence-corrected chi connectivity index (χ3v) is 6.60. The SMILES string of the molecule is COc1ccc(CCNC(=O)N[C@H]2C[C@@H]3C[C@@H]2[C@H]2CCC[C@H]32)cc1. The van der Waals surface area contributed by atoms with Crippen LogP contribution in [0.4, 0.5) is 4.79 Å². The lowest BCUT2D eigenvalue weighted by atomic mass is 9.79. The fraction of sp³-hybridized carbons (Fsp3) is 0.650. The lowest BCUT2D eigenvalue weighted by molar-refractivity contribution is 0.198. The van der Waals surface area contributed by atoms with Crippen LogP contribution < -0.4 is 15.4 Å². The molecule has 2 N–H and O–H groups in total. The highest BCUT2D eigenvalue weighted by atomic mass is 16.5. The minimum Gasteiger partial charge on any atom is -0.497 e. The zero-order chi connectivity index (χ0) is 16.5. The number of carbonyl (C=O) groups excluding carboxylic acids is 1. The number of ether oxygens (including phenoxy) is 1. The summed E-state index contributed by atoms with van der Waals surface area (Å²) in [7, 11) is 1.67. The molecule has 2 amide bonds. The van der Waals surface area contributed by atoms with Crippen molar-refractivity contribution in [1.82, 2.24) is 10.6 Å². The Morgan fingerprint density at radius 2 is 1.92 bits per heavy atom. The van der Waals surface area contributed by atoms with Crippen molar-refractivity contribution in [2.75, 3.05) is 13.7 Å². The molecule has 4 heteroatoms. The topological polar surface area (TPSA) is 50.4 Å². The summed E-state index contributed by atoms with van der Waals surface area (Å²) in [4.78, 5) is 12.2. The van der Waals surface area contributed by atoms with Crippen molar-refractivity contribution in [2.24, 2.45) is 23.7 Å². The summed E-state index contributed by atoms with van der Waals surface area (Å²) < 4.78 is 5.16. The van der Waals surface area contributed by atoms with Crippen LogP contribution in [0, 0.1) is 23.7 Å². The molecule has 3 aliphatic carbocycles. The molecule has 0 unspecified atom stereocenters. The molecule has 0 spiro atoms. The Kier molecular flexibility index (Phi) is 4.38. The van der Waals surface area contributed by atoms with E-state index in [1.165, 1.54) is 37.7 Å². The van der Waals surface area contributed by atoms with E-state index >= 15 is 0 Å². The molecule has 5 atom stereocenters. The van der Waals surface area contributed by atoms with Crippen molar-refractivity contribution in [2.45, 2.75) is 44.6 Å². The number of benzene rings is 1. The summed E-state index contributed by atoms with van der Waals surface area (Å²) in [5, 5.41) is 6.28. The first kappa shape index (κ1) is 15.8. The van der Waals surface area contributed by atoms with Gasteiger partial charge in [0.25, 0.3) is 0 Å². The number of fused-ring (bicyclic) bond motifs is 5. The van der Waals surface area contributed by atoms with Crippen LogP contribution in [0.1, 0.15) is 37.7 Å². The zero-order valence-electron chi connectivity index (χ0n) is 14.5. The molecule has 1 aromatic rings.